The Morgan fingerprint density at radius 2 is 2.25 bits per heavy atom. The zero-order valence-electron chi connectivity index (χ0n) is 7.71. The molecule has 0 aromatic carbocycles. The van der Waals surface area contributed by atoms with Crippen LogP contribution in [0.15, 0.2) is 11.6 Å². The molecule has 0 saturated heterocycles. The Hall–Kier alpha value is -0.340. The van der Waals surface area contributed by atoms with Gasteiger partial charge in [-0.1, -0.05) is 19.4 Å². The van der Waals surface area contributed by atoms with Gasteiger partial charge in [-0.3, -0.25) is 0 Å². The Balaban J connectivity index is 2.45. The molecule has 0 aromatic heterocycles. The van der Waals surface area contributed by atoms with Crippen molar-refractivity contribution in [3.05, 3.63) is 11.6 Å². The van der Waals surface area contributed by atoms with Gasteiger partial charge in [0.2, 0.25) is 0 Å². The topological polar surface area (TPSA) is 40.5 Å². The quantitative estimate of drug-likeness (QED) is 0.500. The highest BCUT2D eigenvalue weighted by molar-refractivity contribution is 5.15. The molecule has 0 radical (unpaired) electrons. The highest BCUT2D eigenvalue weighted by Crippen LogP contribution is 2.29. The molecule has 1 aliphatic carbocycles. The lowest BCUT2D eigenvalue weighted by Crippen LogP contribution is -2.29. The Labute approximate surface area is 73.9 Å². The molecule has 12 heavy (non-hydrogen) atoms. The maximum absolute atomic E-state index is 9.63. The van der Waals surface area contributed by atoms with Gasteiger partial charge in [0, 0.05) is 6.42 Å². The second kappa shape index (κ2) is 4.06. The third-order valence-electron chi connectivity index (χ3n) is 2.43. The molecule has 70 valence electrons. The van der Waals surface area contributed by atoms with Gasteiger partial charge in [-0.25, -0.2) is 0 Å². The average molecular weight is 170 g/mol. The van der Waals surface area contributed by atoms with E-state index in [4.69, 9.17) is 0 Å². The summed E-state index contributed by atoms with van der Waals surface area (Å²) in [6.07, 6.45) is 7.27. The maximum Gasteiger partial charge on any atom is 0.185 e. The molecular formula is C10H18O2. The summed E-state index contributed by atoms with van der Waals surface area (Å²) in [5.74, 6) is -1.51. The minimum atomic E-state index is -1.51. The Kier molecular flexibility index (Phi) is 3.29. The molecule has 0 fully saturated rings. The van der Waals surface area contributed by atoms with Gasteiger partial charge in [0.25, 0.3) is 0 Å². The Bertz CT molecular complexity index is 171. The van der Waals surface area contributed by atoms with Crippen molar-refractivity contribution in [1.82, 2.24) is 0 Å². The normalized spacial score (nSPS) is 18.1. The predicted molar refractivity (Wildman–Crippen MR) is 48.6 cm³/mol. The number of rotatable bonds is 4. The van der Waals surface area contributed by atoms with E-state index in [9.17, 15) is 10.2 Å². The fourth-order valence-electron chi connectivity index (χ4n) is 1.62. The molecule has 0 atom stereocenters. The van der Waals surface area contributed by atoms with E-state index < -0.39 is 5.79 Å². The average Bonchev–Trinajstić information content (AvgIpc) is 2.53. The lowest BCUT2D eigenvalue weighted by atomic mass is 10.00. The summed E-state index contributed by atoms with van der Waals surface area (Å²) in [6, 6.07) is 0. The second-order valence-corrected chi connectivity index (χ2v) is 3.54. The van der Waals surface area contributed by atoms with Gasteiger partial charge >= 0.3 is 0 Å². The van der Waals surface area contributed by atoms with Gasteiger partial charge in [-0.05, 0) is 31.3 Å². The predicted octanol–water partition coefficient (Wildman–Crippen LogP) is 1.97. The van der Waals surface area contributed by atoms with Gasteiger partial charge in [0.15, 0.2) is 5.79 Å². The monoisotopic (exact) mass is 170 g/mol. The van der Waals surface area contributed by atoms with Gasteiger partial charge in [-0.15, -0.1) is 0 Å². The van der Waals surface area contributed by atoms with E-state index in [1.165, 1.54) is 0 Å². The van der Waals surface area contributed by atoms with E-state index in [0.717, 1.165) is 37.7 Å². The van der Waals surface area contributed by atoms with Gasteiger partial charge in [-0.2, -0.15) is 0 Å². The fourth-order valence-corrected chi connectivity index (χ4v) is 1.62. The summed E-state index contributed by atoms with van der Waals surface area (Å²) < 4.78 is 0. The zero-order chi connectivity index (χ0) is 9.03. The Morgan fingerprint density at radius 3 is 2.75 bits per heavy atom. The molecule has 0 saturated carbocycles. The summed E-state index contributed by atoms with van der Waals surface area (Å²) in [5.41, 5.74) is 0.830. The number of hydrogen-bond donors (Lipinski definition) is 2. The molecular weight excluding hydrogens is 152 g/mol. The van der Waals surface area contributed by atoms with Crippen LogP contribution in [0.1, 0.15) is 45.4 Å². The van der Waals surface area contributed by atoms with Crippen LogP contribution in [-0.2, 0) is 0 Å². The third-order valence-corrected chi connectivity index (χ3v) is 2.43. The van der Waals surface area contributed by atoms with Crippen LogP contribution in [0.5, 0.6) is 0 Å². The van der Waals surface area contributed by atoms with Crippen LogP contribution in [0.3, 0.4) is 0 Å². The van der Waals surface area contributed by atoms with E-state index in [2.05, 4.69) is 6.92 Å². The summed E-state index contributed by atoms with van der Waals surface area (Å²) in [6.45, 7) is 2.05. The molecule has 0 spiro atoms. The summed E-state index contributed by atoms with van der Waals surface area (Å²) in [4.78, 5) is 0. The molecule has 0 aromatic rings. The molecule has 0 amide bonds. The van der Waals surface area contributed by atoms with Gasteiger partial charge < -0.3 is 10.2 Å². The van der Waals surface area contributed by atoms with Crippen molar-refractivity contribution in [3.63, 3.8) is 0 Å². The van der Waals surface area contributed by atoms with E-state index >= 15 is 0 Å². The van der Waals surface area contributed by atoms with E-state index in [0.29, 0.717) is 6.42 Å². The van der Waals surface area contributed by atoms with Crippen LogP contribution in [0.4, 0.5) is 0 Å². The zero-order valence-corrected chi connectivity index (χ0v) is 7.71. The first kappa shape index (κ1) is 9.75. The lowest BCUT2D eigenvalue weighted by molar-refractivity contribution is -0.135. The van der Waals surface area contributed by atoms with Crippen molar-refractivity contribution in [2.75, 3.05) is 0 Å². The van der Waals surface area contributed by atoms with Crippen molar-refractivity contribution in [1.29, 1.82) is 0 Å². The Morgan fingerprint density at radius 1 is 1.50 bits per heavy atom. The standard InChI is InChI=1S/C10H18O2/c1-2-3-8-10(11,12)9-6-4-5-7-9/h6,11-12H,2-5,7-8H2,1H3. The minimum absolute atomic E-state index is 0.481. The first-order chi connectivity index (χ1) is 5.67. The van der Waals surface area contributed by atoms with Crippen LogP contribution < -0.4 is 0 Å². The van der Waals surface area contributed by atoms with Gasteiger partial charge in [0.05, 0.1) is 0 Å². The fraction of sp³-hybridized carbons (Fsp3) is 0.800. The minimum Gasteiger partial charge on any atom is -0.362 e. The highest BCUT2D eigenvalue weighted by Gasteiger charge is 2.28. The van der Waals surface area contributed by atoms with E-state index in [1.807, 2.05) is 6.08 Å². The smallest absolute Gasteiger partial charge is 0.185 e. The molecule has 2 nitrogen and oxygen atoms in total. The lowest BCUT2D eigenvalue weighted by Gasteiger charge is -2.22. The molecule has 0 bridgehead atoms. The molecule has 0 heterocycles. The molecule has 2 heteroatoms. The molecule has 1 aliphatic rings. The summed E-state index contributed by atoms with van der Waals surface area (Å²) in [5, 5.41) is 19.3. The molecule has 0 aliphatic heterocycles. The van der Waals surface area contributed by atoms with Crippen molar-refractivity contribution >= 4 is 0 Å². The van der Waals surface area contributed by atoms with Crippen LogP contribution in [0.2, 0.25) is 0 Å². The van der Waals surface area contributed by atoms with Crippen LogP contribution in [0, 0.1) is 0 Å². The first-order valence-electron chi connectivity index (χ1n) is 4.81. The van der Waals surface area contributed by atoms with Crippen LogP contribution in [-0.4, -0.2) is 16.0 Å². The van der Waals surface area contributed by atoms with Crippen molar-refractivity contribution < 1.29 is 10.2 Å². The summed E-state index contributed by atoms with van der Waals surface area (Å²) in [7, 11) is 0. The van der Waals surface area contributed by atoms with Crippen molar-refractivity contribution in [2.24, 2.45) is 0 Å². The third kappa shape index (κ3) is 2.32. The first-order valence-corrected chi connectivity index (χ1v) is 4.81. The number of aliphatic hydroxyl groups is 2. The molecule has 2 N–H and O–H groups in total. The van der Waals surface area contributed by atoms with E-state index in [1.54, 1.807) is 0 Å². The van der Waals surface area contributed by atoms with Gasteiger partial charge in [0.1, 0.15) is 0 Å². The number of hydrogen-bond acceptors (Lipinski definition) is 2. The molecule has 0 unspecified atom stereocenters. The van der Waals surface area contributed by atoms with Crippen LogP contribution >= 0.6 is 0 Å². The van der Waals surface area contributed by atoms with Crippen molar-refractivity contribution in [2.45, 2.75) is 51.2 Å². The largest absolute Gasteiger partial charge is 0.362 e. The number of unbranched alkanes of at least 4 members (excludes halogenated alkanes) is 1. The SMILES string of the molecule is CCCCC(O)(O)C1=CCCC1. The maximum atomic E-state index is 9.63. The van der Waals surface area contributed by atoms with E-state index in [-0.39, 0.29) is 0 Å². The van der Waals surface area contributed by atoms with Crippen LogP contribution in [0.25, 0.3) is 0 Å². The molecule has 1 rings (SSSR count). The van der Waals surface area contributed by atoms with Crippen molar-refractivity contribution in [3.8, 4) is 0 Å². The second-order valence-electron chi connectivity index (χ2n) is 3.54. The highest BCUT2D eigenvalue weighted by atomic mass is 16.5. The summed E-state index contributed by atoms with van der Waals surface area (Å²) >= 11 is 0. The number of allylic oxidation sites excluding steroid dienone is 1.